The monoisotopic (exact) mass is 378 g/mol. The number of nitrogens with zero attached hydrogens (tertiary/aromatic N) is 1. The summed E-state index contributed by atoms with van der Waals surface area (Å²) in [5.41, 5.74) is 3.22. The Labute approximate surface area is 165 Å². The van der Waals surface area contributed by atoms with Crippen LogP contribution in [0.1, 0.15) is 40.7 Å². The average Bonchev–Trinajstić information content (AvgIpc) is 2.95. The molecule has 2 aliphatic rings. The van der Waals surface area contributed by atoms with Gasteiger partial charge in [0.15, 0.2) is 0 Å². The van der Waals surface area contributed by atoms with Gasteiger partial charge in [-0.2, -0.15) is 0 Å². The van der Waals surface area contributed by atoms with Crippen molar-refractivity contribution in [1.29, 1.82) is 0 Å². The summed E-state index contributed by atoms with van der Waals surface area (Å²) >= 11 is 0. The second-order valence-electron chi connectivity index (χ2n) is 7.63. The third-order valence-electron chi connectivity index (χ3n) is 5.64. The largest absolute Gasteiger partial charge is 0.493 e. The SMILES string of the molecule is O=C1CCC(COc2cccc(C(=O)N3CCc4ccccc4C3)c2)CCN1. The first kappa shape index (κ1) is 18.5. The van der Waals surface area contributed by atoms with E-state index in [-0.39, 0.29) is 11.8 Å². The number of ether oxygens (including phenoxy) is 1. The lowest BCUT2D eigenvalue weighted by molar-refractivity contribution is -0.120. The molecule has 0 spiro atoms. The zero-order valence-corrected chi connectivity index (χ0v) is 16.0. The maximum absolute atomic E-state index is 13.0. The summed E-state index contributed by atoms with van der Waals surface area (Å²) in [5, 5.41) is 2.90. The quantitative estimate of drug-likeness (QED) is 0.889. The molecule has 2 aromatic carbocycles. The summed E-state index contributed by atoms with van der Waals surface area (Å²) in [6, 6.07) is 15.8. The van der Waals surface area contributed by atoms with Gasteiger partial charge < -0.3 is 15.0 Å². The zero-order valence-electron chi connectivity index (χ0n) is 16.0. The first-order chi connectivity index (χ1) is 13.7. The van der Waals surface area contributed by atoms with Gasteiger partial charge in [0.2, 0.25) is 5.91 Å². The smallest absolute Gasteiger partial charge is 0.254 e. The molecule has 2 amide bonds. The second kappa shape index (κ2) is 8.46. The Balaban J connectivity index is 1.38. The van der Waals surface area contributed by atoms with Crippen LogP contribution in [0.2, 0.25) is 0 Å². The van der Waals surface area contributed by atoms with E-state index < -0.39 is 0 Å². The van der Waals surface area contributed by atoms with Gasteiger partial charge in [0.05, 0.1) is 6.61 Å². The van der Waals surface area contributed by atoms with Crippen molar-refractivity contribution in [2.45, 2.75) is 32.2 Å². The van der Waals surface area contributed by atoms with E-state index >= 15 is 0 Å². The molecule has 0 aliphatic carbocycles. The predicted octanol–water partition coefficient (Wildman–Crippen LogP) is 3.18. The van der Waals surface area contributed by atoms with E-state index in [0.29, 0.717) is 43.3 Å². The van der Waals surface area contributed by atoms with Gasteiger partial charge in [0.25, 0.3) is 5.91 Å². The van der Waals surface area contributed by atoms with E-state index in [1.165, 1.54) is 11.1 Å². The van der Waals surface area contributed by atoms with Crippen molar-refractivity contribution < 1.29 is 14.3 Å². The Morgan fingerprint density at radius 1 is 1.07 bits per heavy atom. The minimum atomic E-state index is 0.0456. The molecule has 2 heterocycles. The summed E-state index contributed by atoms with van der Waals surface area (Å²) < 4.78 is 5.96. The molecule has 5 heteroatoms. The van der Waals surface area contributed by atoms with E-state index in [4.69, 9.17) is 4.74 Å². The van der Waals surface area contributed by atoms with Crippen LogP contribution < -0.4 is 10.1 Å². The molecule has 1 fully saturated rings. The molecule has 5 nitrogen and oxygen atoms in total. The fourth-order valence-electron chi connectivity index (χ4n) is 3.93. The van der Waals surface area contributed by atoms with Gasteiger partial charge in [-0.1, -0.05) is 30.3 Å². The average molecular weight is 378 g/mol. The topological polar surface area (TPSA) is 58.6 Å². The van der Waals surface area contributed by atoms with Crippen molar-refractivity contribution >= 4 is 11.8 Å². The van der Waals surface area contributed by atoms with E-state index in [1.807, 2.05) is 35.2 Å². The van der Waals surface area contributed by atoms with Gasteiger partial charge in [-0.3, -0.25) is 9.59 Å². The number of fused-ring (bicyclic) bond motifs is 1. The summed E-state index contributed by atoms with van der Waals surface area (Å²) in [6.45, 7) is 2.68. The van der Waals surface area contributed by atoms with Crippen LogP contribution in [0.3, 0.4) is 0 Å². The molecule has 0 radical (unpaired) electrons. The van der Waals surface area contributed by atoms with Gasteiger partial charge in [-0.15, -0.1) is 0 Å². The third-order valence-corrected chi connectivity index (χ3v) is 5.64. The van der Waals surface area contributed by atoms with E-state index in [1.54, 1.807) is 0 Å². The van der Waals surface area contributed by atoms with Crippen molar-refractivity contribution in [2.24, 2.45) is 5.92 Å². The first-order valence-electron chi connectivity index (χ1n) is 10.0. The van der Waals surface area contributed by atoms with Crippen LogP contribution in [0, 0.1) is 5.92 Å². The molecular formula is C23H26N2O3. The van der Waals surface area contributed by atoms with Crippen LogP contribution in [-0.4, -0.2) is 36.4 Å². The number of nitrogens with one attached hydrogen (secondary N) is 1. The molecule has 1 saturated heterocycles. The molecule has 1 unspecified atom stereocenters. The standard InChI is InChI=1S/C23H26N2O3/c26-22-9-8-17(10-12-24-22)16-28-21-7-3-6-19(14-21)23(27)25-13-11-18-4-1-2-5-20(18)15-25/h1-7,14,17H,8-13,15-16H2,(H,24,26). The van der Waals surface area contributed by atoms with Crippen LogP contribution in [-0.2, 0) is 17.8 Å². The zero-order chi connectivity index (χ0) is 19.3. The Hall–Kier alpha value is -2.82. The summed E-state index contributed by atoms with van der Waals surface area (Å²) in [7, 11) is 0. The lowest BCUT2D eigenvalue weighted by Gasteiger charge is -2.29. The van der Waals surface area contributed by atoms with Crippen molar-refractivity contribution in [2.75, 3.05) is 19.7 Å². The van der Waals surface area contributed by atoms with Crippen LogP contribution >= 0.6 is 0 Å². The van der Waals surface area contributed by atoms with Gasteiger partial charge in [0.1, 0.15) is 5.75 Å². The molecule has 2 aromatic rings. The number of amides is 2. The fourth-order valence-corrected chi connectivity index (χ4v) is 3.93. The highest BCUT2D eigenvalue weighted by atomic mass is 16.5. The van der Waals surface area contributed by atoms with Gasteiger partial charge in [0, 0.05) is 31.6 Å². The minimum absolute atomic E-state index is 0.0456. The summed E-state index contributed by atoms with van der Waals surface area (Å²) in [5.74, 6) is 1.24. The number of rotatable bonds is 4. The number of hydrogen-bond acceptors (Lipinski definition) is 3. The Kier molecular flexibility index (Phi) is 5.60. The first-order valence-corrected chi connectivity index (χ1v) is 10.0. The van der Waals surface area contributed by atoms with Crippen molar-refractivity contribution in [3.63, 3.8) is 0 Å². The normalized spacial score (nSPS) is 19.4. The van der Waals surface area contributed by atoms with Crippen molar-refractivity contribution in [1.82, 2.24) is 10.2 Å². The molecule has 0 aromatic heterocycles. The number of carbonyl (C=O) groups is 2. The van der Waals surface area contributed by atoms with E-state index in [9.17, 15) is 9.59 Å². The molecule has 4 rings (SSSR count). The Bertz CT molecular complexity index is 864. The third kappa shape index (κ3) is 4.35. The maximum atomic E-state index is 13.0. The highest BCUT2D eigenvalue weighted by Gasteiger charge is 2.22. The van der Waals surface area contributed by atoms with E-state index in [2.05, 4.69) is 23.5 Å². The summed E-state index contributed by atoms with van der Waals surface area (Å²) in [6.07, 6.45) is 3.23. The Morgan fingerprint density at radius 2 is 1.93 bits per heavy atom. The van der Waals surface area contributed by atoms with Crippen LogP contribution in [0.25, 0.3) is 0 Å². The van der Waals surface area contributed by atoms with E-state index in [0.717, 1.165) is 25.8 Å². The van der Waals surface area contributed by atoms with Gasteiger partial charge in [-0.05, 0) is 54.5 Å². The molecular weight excluding hydrogens is 352 g/mol. The van der Waals surface area contributed by atoms with Crippen LogP contribution in [0.4, 0.5) is 0 Å². The second-order valence-corrected chi connectivity index (χ2v) is 7.63. The molecule has 0 saturated carbocycles. The molecule has 28 heavy (non-hydrogen) atoms. The number of hydrogen-bond donors (Lipinski definition) is 1. The fraction of sp³-hybridized carbons (Fsp3) is 0.391. The van der Waals surface area contributed by atoms with Crippen LogP contribution in [0.15, 0.2) is 48.5 Å². The number of benzene rings is 2. The predicted molar refractivity (Wildman–Crippen MR) is 107 cm³/mol. The molecule has 146 valence electrons. The maximum Gasteiger partial charge on any atom is 0.254 e. The minimum Gasteiger partial charge on any atom is -0.493 e. The Morgan fingerprint density at radius 3 is 2.82 bits per heavy atom. The molecule has 1 atom stereocenters. The highest BCUT2D eigenvalue weighted by Crippen LogP contribution is 2.23. The molecule has 0 bridgehead atoms. The highest BCUT2D eigenvalue weighted by molar-refractivity contribution is 5.94. The number of carbonyl (C=O) groups excluding carboxylic acids is 2. The molecule has 2 aliphatic heterocycles. The lowest BCUT2D eigenvalue weighted by Crippen LogP contribution is -2.35. The van der Waals surface area contributed by atoms with Gasteiger partial charge >= 0.3 is 0 Å². The molecule has 1 N–H and O–H groups in total. The van der Waals surface area contributed by atoms with Crippen LogP contribution in [0.5, 0.6) is 5.75 Å². The van der Waals surface area contributed by atoms with Gasteiger partial charge in [-0.25, -0.2) is 0 Å². The summed E-state index contributed by atoms with van der Waals surface area (Å²) in [4.78, 5) is 26.3. The van der Waals surface area contributed by atoms with Crippen molar-refractivity contribution in [3.05, 3.63) is 65.2 Å². The van der Waals surface area contributed by atoms with Crippen molar-refractivity contribution in [3.8, 4) is 5.75 Å². The lowest BCUT2D eigenvalue weighted by atomic mass is 9.99.